The fourth-order valence-electron chi connectivity index (χ4n) is 2.52. The first-order valence-corrected chi connectivity index (χ1v) is 7.29. The van der Waals surface area contributed by atoms with E-state index in [1.807, 2.05) is 0 Å². The van der Waals surface area contributed by atoms with Crippen LogP contribution in [0.5, 0.6) is 0 Å². The summed E-state index contributed by atoms with van der Waals surface area (Å²) in [5.74, 6) is -0.628. The zero-order valence-corrected chi connectivity index (χ0v) is 12.0. The van der Waals surface area contributed by atoms with Crippen molar-refractivity contribution in [3.8, 4) is 0 Å². The summed E-state index contributed by atoms with van der Waals surface area (Å²) in [4.78, 5) is 26.1. The average Bonchev–Trinajstić information content (AvgIpc) is 3.09. The molecular formula is C15H17NO6. The van der Waals surface area contributed by atoms with Crippen LogP contribution in [-0.4, -0.2) is 30.0 Å². The molecule has 0 radical (unpaired) electrons. The molecule has 0 atom stereocenters. The van der Waals surface area contributed by atoms with Crippen LogP contribution in [0, 0.1) is 0 Å². The third-order valence-corrected chi connectivity index (χ3v) is 3.64. The van der Waals surface area contributed by atoms with Gasteiger partial charge in [0.2, 0.25) is 6.79 Å². The fourth-order valence-corrected chi connectivity index (χ4v) is 2.52. The summed E-state index contributed by atoms with van der Waals surface area (Å²) in [7, 11) is 0. The minimum atomic E-state index is -0.806. The minimum Gasteiger partial charge on any atom is -0.463 e. The van der Waals surface area contributed by atoms with Crippen molar-refractivity contribution in [3.63, 3.8) is 0 Å². The largest absolute Gasteiger partial charge is 0.511 e. The van der Waals surface area contributed by atoms with Crippen LogP contribution in [0.4, 0.5) is 4.79 Å². The monoisotopic (exact) mass is 307 g/mol. The predicted octanol–water partition coefficient (Wildman–Crippen LogP) is 3.36. The molecule has 1 fully saturated rings. The van der Waals surface area contributed by atoms with Gasteiger partial charge in [-0.05, 0) is 25.7 Å². The van der Waals surface area contributed by atoms with Crippen molar-refractivity contribution in [2.45, 2.75) is 38.2 Å². The number of carbonyl (C=O) groups is 2. The molecule has 2 aromatic heterocycles. The Kier molecular flexibility index (Phi) is 4.32. The van der Waals surface area contributed by atoms with Crippen molar-refractivity contribution in [1.82, 2.24) is 4.98 Å². The number of carbonyl (C=O) groups excluding carboxylic acids is 2. The van der Waals surface area contributed by atoms with E-state index in [-0.39, 0.29) is 11.8 Å². The lowest BCUT2D eigenvalue weighted by Crippen LogP contribution is -2.22. The highest BCUT2D eigenvalue weighted by molar-refractivity contribution is 5.93. The van der Waals surface area contributed by atoms with E-state index in [1.54, 1.807) is 6.07 Å². The number of esters is 1. The van der Waals surface area contributed by atoms with Crippen LogP contribution in [0.15, 0.2) is 22.8 Å². The number of hydrogen-bond acceptors (Lipinski definition) is 6. The maximum Gasteiger partial charge on any atom is 0.511 e. The molecule has 0 unspecified atom stereocenters. The number of aromatic nitrogens is 1. The summed E-state index contributed by atoms with van der Waals surface area (Å²) in [5.41, 5.74) is 1.49. The standard InChI is InChI=1S/C15H17NO6/c17-14(12-8-13-11(16-12)6-7-19-13)20-9-21-15(18)22-10-4-2-1-3-5-10/h6-8,10,16H,1-5,9H2. The Bertz CT molecular complexity index is 623. The third-order valence-electron chi connectivity index (χ3n) is 3.64. The topological polar surface area (TPSA) is 90.8 Å². The Morgan fingerprint density at radius 2 is 2.05 bits per heavy atom. The van der Waals surface area contributed by atoms with Gasteiger partial charge in [-0.15, -0.1) is 0 Å². The Morgan fingerprint density at radius 3 is 2.82 bits per heavy atom. The van der Waals surface area contributed by atoms with Gasteiger partial charge in [-0.25, -0.2) is 9.59 Å². The molecule has 2 aromatic rings. The summed E-state index contributed by atoms with van der Waals surface area (Å²) >= 11 is 0. The number of aromatic amines is 1. The van der Waals surface area contributed by atoms with E-state index in [9.17, 15) is 9.59 Å². The molecule has 3 rings (SSSR count). The minimum absolute atomic E-state index is 0.0905. The van der Waals surface area contributed by atoms with Crippen LogP contribution < -0.4 is 0 Å². The molecule has 1 N–H and O–H groups in total. The second-order valence-corrected chi connectivity index (χ2v) is 5.20. The molecule has 2 heterocycles. The lowest BCUT2D eigenvalue weighted by atomic mass is 9.98. The van der Waals surface area contributed by atoms with Crippen molar-refractivity contribution in [2.24, 2.45) is 0 Å². The molecule has 22 heavy (non-hydrogen) atoms. The van der Waals surface area contributed by atoms with Gasteiger partial charge in [0.15, 0.2) is 5.58 Å². The van der Waals surface area contributed by atoms with Crippen LogP contribution in [0.25, 0.3) is 11.1 Å². The van der Waals surface area contributed by atoms with Gasteiger partial charge in [-0.2, -0.15) is 0 Å². The maximum atomic E-state index is 11.8. The number of fused-ring (bicyclic) bond motifs is 1. The van der Waals surface area contributed by atoms with Gasteiger partial charge in [0, 0.05) is 12.1 Å². The SMILES string of the molecule is O=C(OCOC(=O)c1cc2occc2[nH]1)OC1CCCCC1. The summed E-state index contributed by atoms with van der Waals surface area (Å²) in [6.45, 7) is -0.481. The predicted molar refractivity (Wildman–Crippen MR) is 75.3 cm³/mol. The molecule has 7 nitrogen and oxygen atoms in total. The van der Waals surface area contributed by atoms with E-state index in [2.05, 4.69) is 4.98 Å². The summed E-state index contributed by atoms with van der Waals surface area (Å²) in [6.07, 6.45) is 5.62. The highest BCUT2D eigenvalue weighted by atomic mass is 16.8. The van der Waals surface area contributed by atoms with Crippen LogP contribution >= 0.6 is 0 Å². The Morgan fingerprint density at radius 1 is 1.23 bits per heavy atom. The number of rotatable bonds is 4. The van der Waals surface area contributed by atoms with Gasteiger partial charge in [-0.1, -0.05) is 6.42 Å². The van der Waals surface area contributed by atoms with Crippen molar-refractivity contribution in [3.05, 3.63) is 24.1 Å². The fraction of sp³-hybridized carbons (Fsp3) is 0.467. The van der Waals surface area contributed by atoms with Gasteiger partial charge >= 0.3 is 12.1 Å². The first-order chi connectivity index (χ1) is 10.7. The molecule has 0 amide bonds. The molecule has 0 spiro atoms. The van der Waals surface area contributed by atoms with E-state index in [1.165, 1.54) is 18.8 Å². The zero-order valence-electron chi connectivity index (χ0n) is 12.0. The molecule has 1 aliphatic carbocycles. The normalized spacial score (nSPS) is 15.6. The Balaban J connectivity index is 1.41. The van der Waals surface area contributed by atoms with Gasteiger partial charge in [0.25, 0.3) is 0 Å². The molecule has 0 saturated heterocycles. The van der Waals surface area contributed by atoms with Gasteiger partial charge < -0.3 is 23.6 Å². The highest BCUT2D eigenvalue weighted by Gasteiger charge is 2.19. The van der Waals surface area contributed by atoms with Crippen molar-refractivity contribution in [2.75, 3.05) is 6.79 Å². The van der Waals surface area contributed by atoms with E-state index < -0.39 is 18.9 Å². The smallest absolute Gasteiger partial charge is 0.463 e. The molecule has 0 aromatic carbocycles. The summed E-state index contributed by atoms with van der Waals surface area (Å²) < 4.78 is 19.9. The first-order valence-electron chi connectivity index (χ1n) is 7.29. The average molecular weight is 307 g/mol. The van der Waals surface area contributed by atoms with Crippen molar-refractivity contribution < 1.29 is 28.2 Å². The molecule has 0 aliphatic heterocycles. The molecule has 1 aliphatic rings. The van der Waals surface area contributed by atoms with Crippen molar-refractivity contribution in [1.29, 1.82) is 0 Å². The van der Waals surface area contributed by atoms with Crippen LogP contribution in [0.1, 0.15) is 42.6 Å². The van der Waals surface area contributed by atoms with E-state index in [0.717, 1.165) is 25.7 Å². The number of nitrogens with one attached hydrogen (secondary N) is 1. The number of H-pyrrole nitrogens is 1. The van der Waals surface area contributed by atoms with Crippen molar-refractivity contribution >= 4 is 23.2 Å². The number of hydrogen-bond donors (Lipinski definition) is 1. The van der Waals surface area contributed by atoms with E-state index in [4.69, 9.17) is 18.6 Å². The highest BCUT2D eigenvalue weighted by Crippen LogP contribution is 2.20. The molecule has 118 valence electrons. The summed E-state index contributed by atoms with van der Waals surface area (Å²) in [5, 5.41) is 0. The van der Waals surface area contributed by atoms with E-state index >= 15 is 0 Å². The quantitative estimate of drug-likeness (QED) is 0.688. The Hall–Kier alpha value is -2.44. The molecule has 1 saturated carbocycles. The lowest BCUT2D eigenvalue weighted by molar-refractivity contribution is -0.0431. The molecule has 7 heteroatoms. The first kappa shape index (κ1) is 14.5. The lowest BCUT2D eigenvalue weighted by Gasteiger charge is -2.21. The number of furan rings is 1. The van der Waals surface area contributed by atoms with Crippen LogP contribution in [-0.2, 0) is 14.2 Å². The van der Waals surface area contributed by atoms with Gasteiger partial charge in [-0.3, -0.25) is 0 Å². The molecule has 0 bridgehead atoms. The maximum absolute atomic E-state index is 11.8. The summed E-state index contributed by atoms with van der Waals surface area (Å²) in [6, 6.07) is 3.22. The van der Waals surface area contributed by atoms with Crippen LogP contribution in [0.3, 0.4) is 0 Å². The second kappa shape index (κ2) is 6.55. The zero-order chi connectivity index (χ0) is 15.4. The second-order valence-electron chi connectivity index (χ2n) is 5.20. The van der Waals surface area contributed by atoms with Gasteiger partial charge in [0.1, 0.15) is 11.8 Å². The van der Waals surface area contributed by atoms with E-state index in [0.29, 0.717) is 11.1 Å². The van der Waals surface area contributed by atoms with Gasteiger partial charge in [0.05, 0.1) is 11.8 Å². The van der Waals surface area contributed by atoms with Crippen LogP contribution in [0.2, 0.25) is 0 Å². The molecular weight excluding hydrogens is 290 g/mol. The third kappa shape index (κ3) is 3.41. The number of ether oxygens (including phenoxy) is 3. The Labute approximate surface area is 126 Å².